The van der Waals surface area contributed by atoms with Crippen molar-refractivity contribution >= 4 is 17.7 Å². The Morgan fingerprint density at radius 2 is 1.81 bits per heavy atom. The number of carbonyl (C=O) groups excluding carboxylic acids is 2. The van der Waals surface area contributed by atoms with Crippen LogP contribution in [0.2, 0.25) is 0 Å². The molecule has 0 radical (unpaired) electrons. The molecule has 2 heterocycles. The van der Waals surface area contributed by atoms with Crippen LogP contribution in [0.4, 0.5) is 10.5 Å². The Morgan fingerprint density at radius 3 is 2.53 bits per heavy atom. The Kier molecular flexibility index (Phi) is 6.16. The Hall–Kier alpha value is -3.74. The van der Waals surface area contributed by atoms with Gasteiger partial charge in [0.05, 0.1) is 31.8 Å². The zero-order chi connectivity index (χ0) is 22.7. The van der Waals surface area contributed by atoms with E-state index in [1.54, 1.807) is 0 Å². The van der Waals surface area contributed by atoms with E-state index in [0.29, 0.717) is 6.54 Å². The van der Waals surface area contributed by atoms with Crippen LogP contribution in [0, 0.1) is 0 Å². The summed E-state index contributed by atoms with van der Waals surface area (Å²) in [6.45, 7) is 0.666. The molecule has 2 aromatic carbocycles. The molecule has 0 saturated carbocycles. The number of hydrogen-bond acceptors (Lipinski definition) is 4. The number of nitrogens with zero attached hydrogens (tertiary/aromatic N) is 3. The van der Waals surface area contributed by atoms with Crippen LogP contribution in [-0.4, -0.2) is 49.2 Å². The lowest BCUT2D eigenvalue weighted by molar-refractivity contribution is -0.140. The molecular weight excluding hydrogens is 404 g/mol. The van der Waals surface area contributed by atoms with Gasteiger partial charge in [-0.2, -0.15) is 0 Å². The molecule has 1 aliphatic rings. The molecule has 32 heavy (non-hydrogen) atoms. The Morgan fingerprint density at radius 1 is 1.06 bits per heavy atom. The van der Waals surface area contributed by atoms with E-state index in [0.717, 1.165) is 28.2 Å². The largest absolute Gasteiger partial charge is 0.469 e. The number of fused-ring (bicyclic) bond motifs is 3. The number of carbonyl (C=O) groups is 2. The van der Waals surface area contributed by atoms with E-state index in [1.807, 2.05) is 54.4 Å². The predicted octanol–water partition coefficient (Wildman–Crippen LogP) is 3.72. The number of urea groups is 1. The summed E-state index contributed by atoms with van der Waals surface area (Å²) in [5.41, 5.74) is 5.24. The molecule has 0 unspecified atom stereocenters. The van der Waals surface area contributed by atoms with Crippen LogP contribution in [0.1, 0.15) is 29.3 Å². The van der Waals surface area contributed by atoms with Crippen molar-refractivity contribution in [3.8, 4) is 5.69 Å². The van der Waals surface area contributed by atoms with Gasteiger partial charge in [-0.15, -0.1) is 0 Å². The van der Waals surface area contributed by atoms with Crippen LogP contribution in [0.15, 0.2) is 66.9 Å². The van der Waals surface area contributed by atoms with E-state index >= 15 is 0 Å². The molecule has 0 aliphatic carbocycles. The van der Waals surface area contributed by atoms with Crippen molar-refractivity contribution < 1.29 is 14.3 Å². The molecule has 0 spiro atoms. The van der Waals surface area contributed by atoms with Crippen LogP contribution in [0.25, 0.3) is 5.69 Å². The van der Waals surface area contributed by atoms with Crippen LogP contribution in [-0.2, 0) is 16.1 Å². The highest BCUT2D eigenvalue weighted by molar-refractivity contribution is 5.77. The first-order valence-electron chi connectivity index (χ1n) is 10.6. The molecule has 1 aliphatic heterocycles. The zero-order valence-corrected chi connectivity index (χ0v) is 18.6. The lowest BCUT2D eigenvalue weighted by Crippen LogP contribution is -2.42. The fourth-order valence-electron chi connectivity index (χ4n) is 4.12. The van der Waals surface area contributed by atoms with Gasteiger partial charge in [0, 0.05) is 38.2 Å². The van der Waals surface area contributed by atoms with E-state index < -0.39 is 0 Å². The first-order chi connectivity index (χ1) is 15.5. The van der Waals surface area contributed by atoms with Gasteiger partial charge < -0.3 is 24.4 Å². The van der Waals surface area contributed by atoms with Crippen molar-refractivity contribution in [1.82, 2.24) is 14.8 Å². The third kappa shape index (κ3) is 4.19. The molecule has 0 fully saturated rings. The summed E-state index contributed by atoms with van der Waals surface area (Å²) in [4.78, 5) is 28.7. The second kappa shape index (κ2) is 9.18. The standard InChI is InChI=1S/C25H28N4O3/c1-27(2)20-12-10-18(11-13-20)24-22-9-6-16-28(22)21-8-5-4-7-19(21)17-29(24)25(31)26-15-14-23(30)32-3/h4-13,16,24H,14-15,17H2,1-3H3,(H,26,31)/t24-/m0/s1. The van der Waals surface area contributed by atoms with Crippen molar-refractivity contribution in [2.75, 3.05) is 32.6 Å². The van der Waals surface area contributed by atoms with Crippen molar-refractivity contribution in [1.29, 1.82) is 0 Å². The van der Waals surface area contributed by atoms with Gasteiger partial charge in [0.15, 0.2) is 0 Å². The Labute approximate surface area is 188 Å². The fraction of sp³-hybridized carbons (Fsp3) is 0.280. The second-order valence-electron chi connectivity index (χ2n) is 8.01. The summed E-state index contributed by atoms with van der Waals surface area (Å²) >= 11 is 0. The van der Waals surface area contributed by atoms with Gasteiger partial charge >= 0.3 is 12.0 Å². The maximum atomic E-state index is 13.4. The topological polar surface area (TPSA) is 66.8 Å². The number of rotatable bonds is 5. The average Bonchev–Trinajstić information content (AvgIpc) is 3.23. The third-order valence-corrected chi connectivity index (χ3v) is 5.78. The van der Waals surface area contributed by atoms with Gasteiger partial charge in [-0.1, -0.05) is 30.3 Å². The first-order valence-corrected chi connectivity index (χ1v) is 10.6. The number of esters is 1. The Bertz CT molecular complexity index is 1100. The first kappa shape index (κ1) is 21.5. The maximum absolute atomic E-state index is 13.4. The molecule has 7 heteroatoms. The highest BCUT2D eigenvalue weighted by atomic mass is 16.5. The molecule has 1 aromatic heterocycles. The zero-order valence-electron chi connectivity index (χ0n) is 18.6. The number of methoxy groups -OCH3 is 1. The van der Waals surface area contributed by atoms with Crippen LogP contribution < -0.4 is 10.2 Å². The number of amides is 2. The number of ether oxygens (including phenoxy) is 1. The summed E-state index contributed by atoms with van der Waals surface area (Å²) in [6, 6.07) is 19.9. The minimum atomic E-state index is -0.351. The molecule has 2 amide bonds. The van der Waals surface area contributed by atoms with Gasteiger partial charge in [-0.05, 0) is 41.5 Å². The maximum Gasteiger partial charge on any atom is 0.318 e. The van der Waals surface area contributed by atoms with Gasteiger partial charge in [0.25, 0.3) is 0 Å². The van der Waals surface area contributed by atoms with E-state index in [4.69, 9.17) is 0 Å². The molecule has 166 valence electrons. The smallest absolute Gasteiger partial charge is 0.318 e. The summed E-state index contributed by atoms with van der Waals surface area (Å²) in [5.74, 6) is -0.351. The molecule has 1 N–H and O–H groups in total. The molecule has 4 rings (SSSR count). The van der Waals surface area contributed by atoms with Gasteiger partial charge in [-0.3, -0.25) is 4.79 Å². The second-order valence-corrected chi connectivity index (χ2v) is 8.01. The average molecular weight is 433 g/mol. The van der Waals surface area contributed by atoms with E-state index in [1.165, 1.54) is 7.11 Å². The van der Waals surface area contributed by atoms with E-state index in [9.17, 15) is 9.59 Å². The van der Waals surface area contributed by atoms with Crippen LogP contribution >= 0.6 is 0 Å². The molecular formula is C25H28N4O3. The fourth-order valence-corrected chi connectivity index (χ4v) is 4.12. The monoisotopic (exact) mass is 432 g/mol. The van der Waals surface area contributed by atoms with Crippen molar-refractivity contribution in [2.24, 2.45) is 0 Å². The minimum absolute atomic E-state index is 0.130. The molecule has 0 bridgehead atoms. The van der Waals surface area contributed by atoms with E-state index in [-0.39, 0.29) is 31.0 Å². The predicted molar refractivity (Wildman–Crippen MR) is 124 cm³/mol. The van der Waals surface area contributed by atoms with Gasteiger partial charge in [0.2, 0.25) is 0 Å². The van der Waals surface area contributed by atoms with Crippen molar-refractivity contribution in [3.05, 3.63) is 83.7 Å². The van der Waals surface area contributed by atoms with Gasteiger partial charge in [0.1, 0.15) is 0 Å². The number of aromatic nitrogens is 1. The normalized spacial score (nSPS) is 14.7. The number of para-hydroxylation sites is 1. The van der Waals surface area contributed by atoms with Crippen LogP contribution in [0.3, 0.4) is 0 Å². The SMILES string of the molecule is COC(=O)CCNC(=O)N1Cc2ccccc2-n2cccc2[C@@H]1c1ccc(N(C)C)cc1. The number of anilines is 1. The van der Waals surface area contributed by atoms with Crippen molar-refractivity contribution in [3.63, 3.8) is 0 Å². The quantitative estimate of drug-likeness (QED) is 0.624. The minimum Gasteiger partial charge on any atom is -0.469 e. The highest BCUT2D eigenvalue weighted by Gasteiger charge is 2.32. The van der Waals surface area contributed by atoms with Gasteiger partial charge in [-0.25, -0.2) is 4.79 Å². The lowest BCUT2D eigenvalue weighted by Gasteiger charge is -2.31. The van der Waals surface area contributed by atoms with E-state index in [2.05, 4.69) is 51.0 Å². The number of hydrogen-bond donors (Lipinski definition) is 1. The number of benzene rings is 2. The molecule has 7 nitrogen and oxygen atoms in total. The van der Waals surface area contributed by atoms with Crippen LogP contribution in [0.5, 0.6) is 0 Å². The summed E-state index contributed by atoms with van der Waals surface area (Å²) in [5, 5.41) is 2.90. The third-order valence-electron chi connectivity index (χ3n) is 5.78. The Balaban J connectivity index is 1.74. The lowest BCUT2D eigenvalue weighted by atomic mass is 10.0. The molecule has 1 atom stereocenters. The summed E-state index contributed by atoms with van der Waals surface area (Å²) in [7, 11) is 5.35. The summed E-state index contributed by atoms with van der Waals surface area (Å²) < 4.78 is 6.84. The molecule has 3 aromatic rings. The number of nitrogens with one attached hydrogen (secondary N) is 1. The highest BCUT2D eigenvalue weighted by Crippen LogP contribution is 2.37. The summed E-state index contributed by atoms with van der Waals surface area (Å²) in [6.07, 6.45) is 2.17. The van der Waals surface area contributed by atoms with Crippen molar-refractivity contribution in [2.45, 2.75) is 19.0 Å². The molecule has 0 saturated heterocycles.